The fourth-order valence-corrected chi connectivity index (χ4v) is 6.66. The van der Waals surface area contributed by atoms with E-state index in [0.717, 1.165) is 0 Å². The van der Waals surface area contributed by atoms with Crippen molar-refractivity contribution in [2.24, 2.45) is 5.92 Å². The number of aromatic nitrogens is 4. The van der Waals surface area contributed by atoms with Crippen LogP contribution in [0.15, 0.2) is 73.1 Å². The molecule has 1 aromatic heterocycles. The number of rotatable bonds is 9. The number of hydrogen-bond donors (Lipinski definition) is 2. The van der Waals surface area contributed by atoms with Crippen LogP contribution in [0.25, 0.3) is 11.8 Å². The Labute approximate surface area is 297 Å². The molecule has 2 N–H and O–H groups in total. The summed E-state index contributed by atoms with van der Waals surface area (Å²) in [7, 11) is 0. The molecule has 15 heteroatoms. The topological polar surface area (TPSA) is 177 Å². The first-order chi connectivity index (χ1) is 24.6. The molecule has 262 valence electrons. The number of fused-ring (bicyclic) bond motifs is 1. The number of carboxylic acids is 1. The van der Waals surface area contributed by atoms with Crippen LogP contribution in [-0.4, -0.2) is 91.0 Å². The number of anilines is 1. The van der Waals surface area contributed by atoms with Crippen molar-refractivity contribution in [2.75, 3.05) is 31.6 Å². The van der Waals surface area contributed by atoms with Gasteiger partial charge in [0.05, 0.1) is 23.8 Å². The van der Waals surface area contributed by atoms with E-state index in [0.29, 0.717) is 58.0 Å². The smallest absolute Gasteiger partial charge is 0.335 e. The summed E-state index contributed by atoms with van der Waals surface area (Å²) in [6.45, 7) is 2.81. The minimum absolute atomic E-state index is 0.0473. The first kappa shape index (κ1) is 35.0. The van der Waals surface area contributed by atoms with E-state index in [4.69, 9.17) is 16.3 Å². The van der Waals surface area contributed by atoms with Gasteiger partial charge in [0.15, 0.2) is 0 Å². The SMILES string of the molecule is CCOC(=O)[C@H]1CCCN(C(=O)c2cccc3c2CCN(C(=O)/C=C/c2cc(Cl)ccc2-n2cnnn2)[C@@H]3C(=O)Nc2ccc(C(=O)O)cc2)C1. The minimum atomic E-state index is -1.15. The summed E-state index contributed by atoms with van der Waals surface area (Å²) in [4.78, 5) is 69.0. The Bertz CT molecular complexity index is 2000. The lowest BCUT2D eigenvalue weighted by Gasteiger charge is -2.37. The third-order valence-corrected chi connectivity index (χ3v) is 9.14. The molecule has 4 aromatic rings. The van der Waals surface area contributed by atoms with Crippen LogP contribution >= 0.6 is 11.6 Å². The van der Waals surface area contributed by atoms with Gasteiger partial charge in [-0.15, -0.1) is 5.10 Å². The van der Waals surface area contributed by atoms with Crippen LogP contribution in [0.4, 0.5) is 5.69 Å². The molecule has 3 heterocycles. The quantitative estimate of drug-likeness (QED) is 0.189. The highest BCUT2D eigenvalue weighted by Gasteiger charge is 2.38. The molecule has 3 amide bonds. The number of amides is 3. The Morgan fingerprint density at radius 1 is 1.06 bits per heavy atom. The summed E-state index contributed by atoms with van der Waals surface area (Å²) in [5.74, 6) is -3.16. The molecular formula is C36H34ClN7O7. The summed E-state index contributed by atoms with van der Waals surface area (Å²) >= 11 is 6.27. The number of aromatic carboxylic acids is 1. The lowest BCUT2D eigenvalue weighted by molar-refractivity contribution is -0.149. The monoisotopic (exact) mass is 711 g/mol. The number of benzene rings is 3. The van der Waals surface area contributed by atoms with E-state index in [1.54, 1.807) is 54.3 Å². The molecule has 14 nitrogen and oxygen atoms in total. The predicted octanol–water partition coefficient (Wildman–Crippen LogP) is 4.21. The van der Waals surface area contributed by atoms with Crippen molar-refractivity contribution in [1.29, 1.82) is 0 Å². The fraction of sp³-hybridized carbons (Fsp3) is 0.278. The molecule has 6 rings (SSSR count). The number of carbonyl (C=O) groups is 5. The second kappa shape index (κ2) is 15.3. The lowest BCUT2D eigenvalue weighted by atomic mass is 9.87. The number of piperidine rings is 1. The highest BCUT2D eigenvalue weighted by molar-refractivity contribution is 6.30. The number of hydrogen-bond acceptors (Lipinski definition) is 9. The van der Waals surface area contributed by atoms with Crippen LogP contribution in [0.3, 0.4) is 0 Å². The zero-order valence-electron chi connectivity index (χ0n) is 27.6. The first-order valence-electron chi connectivity index (χ1n) is 16.4. The van der Waals surface area contributed by atoms with Gasteiger partial charge in [-0.25, -0.2) is 4.79 Å². The van der Waals surface area contributed by atoms with Crippen LogP contribution < -0.4 is 5.32 Å². The number of carboxylic acid groups (broad SMARTS) is 1. The number of likely N-dealkylation sites (tertiary alicyclic amines) is 1. The molecule has 1 saturated heterocycles. The average molecular weight is 712 g/mol. The average Bonchev–Trinajstić information content (AvgIpc) is 3.68. The molecule has 2 atom stereocenters. The molecule has 3 aromatic carbocycles. The Balaban J connectivity index is 1.33. The largest absolute Gasteiger partial charge is 0.478 e. The Morgan fingerprint density at radius 3 is 2.59 bits per heavy atom. The van der Waals surface area contributed by atoms with Gasteiger partial charge >= 0.3 is 11.9 Å². The van der Waals surface area contributed by atoms with Crippen LogP contribution in [0.5, 0.6) is 0 Å². The van der Waals surface area contributed by atoms with Gasteiger partial charge < -0.3 is 25.0 Å². The molecule has 51 heavy (non-hydrogen) atoms. The van der Waals surface area contributed by atoms with Gasteiger partial charge in [0.2, 0.25) is 5.91 Å². The summed E-state index contributed by atoms with van der Waals surface area (Å²) in [6.07, 6.45) is 5.87. The first-order valence-corrected chi connectivity index (χ1v) is 16.8. The van der Waals surface area contributed by atoms with Crippen molar-refractivity contribution in [3.8, 4) is 5.69 Å². The highest BCUT2D eigenvalue weighted by Crippen LogP contribution is 2.35. The Morgan fingerprint density at radius 2 is 1.86 bits per heavy atom. The van der Waals surface area contributed by atoms with Crippen molar-refractivity contribution in [3.05, 3.63) is 106 Å². The maximum absolute atomic E-state index is 14.1. The zero-order chi connectivity index (χ0) is 36.1. The van der Waals surface area contributed by atoms with Gasteiger partial charge in [0.25, 0.3) is 11.8 Å². The second-order valence-electron chi connectivity index (χ2n) is 12.1. The number of halogens is 1. The Hall–Kier alpha value is -5.89. The molecule has 2 aliphatic rings. The van der Waals surface area contributed by atoms with Gasteiger partial charge in [-0.2, -0.15) is 4.68 Å². The van der Waals surface area contributed by atoms with E-state index < -0.39 is 29.7 Å². The molecule has 0 aliphatic carbocycles. The van der Waals surface area contributed by atoms with Crippen molar-refractivity contribution in [1.82, 2.24) is 30.0 Å². The number of nitrogens with zero attached hydrogens (tertiary/aromatic N) is 6. The van der Waals surface area contributed by atoms with Crippen LogP contribution in [0.1, 0.15) is 63.2 Å². The normalized spacial score (nSPS) is 17.1. The maximum atomic E-state index is 14.1. The number of esters is 1. The molecule has 1 fully saturated rings. The number of ether oxygens (including phenoxy) is 1. The zero-order valence-corrected chi connectivity index (χ0v) is 28.3. The molecule has 2 aliphatic heterocycles. The number of nitrogens with one attached hydrogen (secondary N) is 1. The Kier molecular flexibility index (Phi) is 10.5. The van der Waals surface area contributed by atoms with Crippen LogP contribution in [0.2, 0.25) is 5.02 Å². The van der Waals surface area contributed by atoms with E-state index >= 15 is 0 Å². The van der Waals surface area contributed by atoms with E-state index in [1.807, 2.05) is 0 Å². The summed E-state index contributed by atoms with van der Waals surface area (Å²) in [5, 5.41) is 23.8. The van der Waals surface area contributed by atoms with Crippen LogP contribution in [-0.2, 0) is 25.5 Å². The minimum Gasteiger partial charge on any atom is -0.478 e. The molecule has 0 spiro atoms. The molecule has 0 saturated carbocycles. The molecule has 0 radical (unpaired) electrons. The van der Waals surface area contributed by atoms with Crippen molar-refractivity contribution < 1.29 is 33.8 Å². The lowest BCUT2D eigenvalue weighted by Crippen LogP contribution is -2.46. The maximum Gasteiger partial charge on any atom is 0.335 e. The van der Waals surface area contributed by atoms with Crippen molar-refractivity contribution in [2.45, 2.75) is 32.2 Å². The van der Waals surface area contributed by atoms with Gasteiger partial charge in [-0.1, -0.05) is 23.7 Å². The molecule has 0 unspecified atom stereocenters. The van der Waals surface area contributed by atoms with E-state index in [-0.39, 0.29) is 43.6 Å². The molecular weight excluding hydrogens is 678 g/mol. The summed E-state index contributed by atoms with van der Waals surface area (Å²) in [6, 6.07) is 14.6. The van der Waals surface area contributed by atoms with Gasteiger partial charge in [-0.3, -0.25) is 19.2 Å². The summed E-state index contributed by atoms with van der Waals surface area (Å²) < 4.78 is 6.65. The van der Waals surface area contributed by atoms with Crippen molar-refractivity contribution >= 4 is 53.0 Å². The third-order valence-electron chi connectivity index (χ3n) is 8.90. The standard InChI is InChI=1S/C36H34ClN7O7/c1-2-51-36(50)24-5-4-17-42(20-24)34(47)29-7-3-6-28-27(29)16-18-43(32(28)33(46)39-26-12-8-22(9-13-26)35(48)49)31(45)15-10-23-19-25(37)11-14-30(23)44-21-38-40-41-44/h3,6-15,19,21,24,32H,2,4-5,16-18,20H2,1H3,(H,39,46)(H,48,49)/b15-10+/t24-,32-/m0/s1. The number of carbonyl (C=O) groups excluding carboxylic acids is 4. The van der Waals surface area contributed by atoms with Crippen molar-refractivity contribution in [3.63, 3.8) is 0 Å². The fourth-order valence-electron chi connectivity index (χ4n) is 6.48. The van der Waals surface area contributed by atoms with Gasteiger partial charge in [-0.05, 0) is 102 Å². The van der Waals surface area contributed by atoms with Crippen LogP contribution in [0, 0.1) is 5.92 Å². The van der Waals surface area contributed by atoms with E-state index in [1.165, 1.54) is 46.3 Å². The van der Waals surface area contributed by atoms with Gasteiger partial charge in [0.1, 0.15) is 12.4 Å². The number of tetrazole rings is 1. The van der Waals surface area contributed by atoms with E-state index in [9.17, 15) is 29.1 Å². The predicted molar refractivity (Wildman–Crippen MR) is 185 cm³/mol. The van der Waals surface area contributed by atoms with E-state index in [2.05, 4.69) is 20.8 Å². The summed E-state index contributed by atoms with van der Waals surface area (Å²) in [5.41, 5.74) is 3.00. The highest BCUT2D eigenvalue weighted by atomic mass is 35.5. The molecule has 0 bridgehead atoms. The van der Waals surface area contributed by atoms with Gasteiger partial charge in [0, 0.05) is 47.5 Å². The third kappa shape index (κ3) is 7.65. The second-order valence-corrected chi connectivity index (χ2v) is 12.5.